The van der Waals surface area contributed by atoms with Gasteiger partial charge in [-0.25, -0.2) is 4.98 Å². The highest BCUT2D eigenvalue weighted by molar-refractivity contribution is 7.99. The van der Waals surface area contributed by atoms with Crippen LogP contribution in [0, 0.1) is 5.92 Å². The van der Waals surface area contributed by atoms with Gasteiger partial charge in [-0.3, -0.25) is 0 Å². The lowest BCUT2D eigenvalue weighted by Gasteiger charge is -2.07. The van der Waals surface area contributed by atoms with Crippen molar-refractivity contribution in [3.05, 3.63) is 18.2 Å². The number of aromatic nitrogens is 2. The average molecular weight is 212 g/mol. The number of rotatable bonds is 6. The van der Waals surface area contributed by atoms with Crippen LogP contribution < -0.4 is 0 Å². The molecule has 80 valence electrons. The Morgan fingerprint density at radius 1 is 1.50 bits per heavy atom. The van der Waals surface area contributed by atoms with Gasteiger partial charge in [0.05, 0.1) is 0 Å². The van der Waals surface area contributed by atoms with Gasteiger partial charge in [0.2, 0.25) is 0 Å². The molecule has 0 radical (unpaired) electrons. The third kappa shape index (κ3) is 3.74. The zero-order chi connectivity index (χ0) is 10.4. The zero-order valence-electron chi connectivity index (χ0n) is 9.36. The Kier molecular flexibility index (Phi) is 5.09. The largest absolute Gasteiger partial charge is 0.334 e. The van der Waals surface area contributed by atoms with E-state index in [-0.39, 0.29) is 0 Å². The maximum atomic E-state index is 4.30. The minimum atomic E-state index is 0.799. The van der Waals surface area contributed by atoms with E-state index in [9.17, 15) is 0 Å². The Morgan fingerprint density at radius 2 is 2.29 bits per heavy atom. The first-order valence-electron chi connectivity index (χ1n) is 5.31. The molecule has 14 heavy (non-hydrogen) atoms. The summed E-state index contributed by atoms with van der Waals surface area (Å²) >= 11 is 2.03. The topological polar surface area (TPSA) is 17.8 Å². The summed E-state index contributed by atoms with van der Waals surface area (Å²) in [6.45, 7) is 7.78. The van der Waals surface area contributed by atoms with Gasteiger partial charge in [-0.05, 0) is 11.7 Å². The molecule has 0 aliphatic heterocycles. The van der Waals surface area contributed by atoms with Crippen LogP contribution in [0.4, 0.5) is 0 Å². The molecular formula is C11H20N2S. The molecule has 0 aliphatic rings. The highest BCUT2D eigenvalue weighted by Gasteiger charge is 2.00. The molecule has 0 saturated carbocycles. The quantitative estimate of drug-likeness (QED) is 0.675. The van der Waals surface area contributed by atoms with E-state index >= 15 is 0 Å². The predicted molar refractivity (Wildman–Crippen MR) is 63.8 cm³/mol. The van der Waals surface area contributed by atoms with Gasteiger partial charge in [-0.1, -0.05) is 20.8 Å². The maximum Gasteiger partial charge on any atom is 0.108 e. The molecule has 0 saturated heterocycles. The van der Waals surface area contributed by atoms with E-state index in [2.05, 4.69) is 36.5 Å². The fraction of sp³-hybridized carbons (Fsp3) is 0.727. The van der Waals surface area contributed by atoms with Crippen LogP contribution in [0.15, 0.2) is 12.4 Å². The second-order valence-electron chi connectivity index (χ2n) is 3.86. The average Bonchev–Trinajstić information content (AvgIpc) is 2.59. The summed E-state index contributed by atoms with van der Waals surface area (Å²) in [6.07, 6.45) is 5.00. The van der Waals surface area contributed by atoms with Crippen molar-refractivity contribution in [3.8, 4) is 0 Å². The molecule has 1 heterocycles. The minimum Gasteiger partial charge on any atom is -0.334 e. The fourth-order valence-electron chi connectivity index (χ4n) is 1.34. The van der Waals surface area contributed by atoms with E-state index in [1.165, 1.54) is 17.3 Å². The van der Waals surface area contributed by atoms with Gasteiger partial charge in [0.25, 0.3) is 0 Å². The molecule has 0 aromatic carbocycles. The summed E-state index contributed by atoms with van der Waals surface area (Å²) in [5, 5.41) is 0. The van der Waals surface area contributed by atoms with Crippen LogP contribution in [0.1, 0.15) is 26.6 Å². The molecule has 0 atom stereocenters. The lowest BCUT2D eigenvalue weighted by molar-refractivity contribution is 0.707. The summed E-state index contributed by atoms with van der Waals surface area (Å²) in [7, 11) is 0. The highest BCUT2D eigenvalue weighted by Crippen LogP contribution is 2.09. The summed E-state index contributed by atoms with van der Waals surface area (Å²) in [6, 6.07) is 0. The van der Waals surface area contributed by atoms with Gasteiger partial charge in [-0.15, -0.1) is 0 Å². The molecule has 0 N–H and O–H groups in total. The molecule has 0 bridgehead atoms. The standard InChI is InChI=1S/C11H20N2S/c1-4-11-12-5-6-13(11)7-8-14-9-10(2)3/h5-6,10H,4,7-9H2,1-3H3. The zero-order valence-corrected chi connectivity index (χ0v) is 10.2. The van der Waals surface area contributed by atoms with Crippen molar-refractivity contribution >= 4 is 11.8 Å². The van der Waals surface area contributed by atoms with Crippen LogP contribution in [0.5, 0.6) is 0 Å². The first-order chi connectivity index (χ1) is 6.74. The van der Waals surface area contributed by atoms with E-state index in [0.717, 1.165) is 18.9 Å². The SMILES string of the molecule is CCc1nccn1CCSCC(C)C. The van der Waals surface area contributed by atoms with Crippen molar-refractivity contribution in [1.82, 2.24) is 9.55 Å². The van der Waals surface area contributed by atoms with Crippen molar-refractivity contribution in [2.45, 2.75) is 33.7 Å². The lowest BCUT2D eigenvalue weighted by atomic mass is 10.3. The normalized spacial score (nSPS) is 11.1. The number of aryl methyl sites for hydroxylation is 2. The van der Waals surface area contributed by atoms with Crippen molar-refractivity contribution in [2.75, 3.05) is 11.5 Å². The fourth-order valence-corrected chi connectivity index (χ4v) is 2.30. The number of hydrogen-bond donors (Lipinski definition) is 0. The molecule has 1 aromatic heterocycles. The maximum absolute atomic E-state index is 4.30. The van der Waals surface area contributed by atoms with Gasteiger partial charge < -0.3 is 4.57 Å². The summed E-state index contributed by atoms with van der Waals surface area (Å²) in [5.74, 6) is 4.46. The Morgan fingerprint density at radius 3 is 2.93 bits per heavy atom. The monoisotopic (exact) mass is 212 g/mol. The Labute approximate surface area is 91.1 Å². The number of nitrogens with zero attached hydrogens (tertiary/aromatic N) is 2. The first-order valence-corrected chi connectivity index (χ1v) is 6.47. The van der Waals surface area contributed by atoms with Gasteiger partial charge >= 0.3 is 0 Å². The first kappa shape index (κ1) is 11.6. The lowest BCUT2D eigenvalue weighted by Crippen LogP contribution is -2.05. The molecule has 0 aliphatic carbocycles. The third-order valence-corrected chi connectivity index (χ3v) is 3.42. The van der Waals surface area contributed by atoms with Crippen molar-refractivity contribution in [1.29, 1.82) is 0 Å². The van der Waals surface area contributed by atoms with Gasteiger partial charge in [0.1, 0.15) is 5.82 Å². The van der Waals surface area contributed by atoms with Crippen LogP contribution in [0.3, 0.4) is 0 Å². The van der Waals surface area contributed by atoms with Crippen molar-refractivity contribution in [3.63, 3.8) is 0 Å². The highest BCUT2D eigenvalue weighted by atomic mass is 32.2. The number of imidazole rings is 1. The Bertz CT molecular complexity index is 256. The van der Waals surface area contributed by atoms with E-state index < -0.39 is 0 Å². The second-order valence-corrected chi connectivity index (χ2v) is 5.01. The van der Waals surface area contributed by atoms with Crippen LogP contribution in [-0.2, 0) is 13.0 Å². The molecule has 2 nitrogen and oxygen atoms in total. The van der Waals surface area contributed by atoms with E-state index in [4.69, 9.17) is 0 Å². The van der Waals surface area contributed by atoms with E-state index in [0.29, 0.717) is 0 Å². The molecule has 3 heteroatoms. The summed E-state index contributed by atoms with van der Waals surface area (Å²) in [5.41, 5.74) is 0. The smallest absolute Gasteiger partial charge is 0.108 e. The molecule has 1 aromatic rings. The van der Waals surface area contributed by atoms with Crippen molar-refractivity contribution in [2.24, 2.45) is 5.92 Å². The molecule has 0 spiro atoms. The van der Waals surface area contributed by atoms with Crippen LogP contribution in [-0.4, -0.2) is 21.1 Å². The Hall–Kier alpha value is -0.440. The predicted octanol–water partition coefficient (Wildman–Crippen LogP) is 2.83. The second kappa shape index (κ2) is 6.12. The molecule has 0 fully saturated rings. The molecule has 0 unspecified atom stereocenters. The van der Waals surface area contributed by atoms with Crippen LogP contribution in [0.25, 0.3) is 0 Å². The number of hydrogen-bond acceptors (Lipinski definition) is 2. The van der Waals surface area contributed by atoms with Crippen LogP contribution in [0.2, 0.25) is 0 Å². The Balaban J connectivity index is 2.24. The van der Waals surface area contributed by atoms with Gasteiger partial charge in [0.15, 0.2) is 0 Å². The molecule has 1 rings (SSSR count). The number of thioether (sulfide) groups is 1. The van der Waals surface area contributed by atoms with E-state index in [1.807, 2.05) is 18.0 Å². The molecule has 0 amide bonds. The van der Waals surface area contributed by atoms with E-state index in [1.54, 1.807) is 0 Å². The summed E-state index contributed by atoms with van der Waals surface area (Å²) < 4.78 is 2.26. The summed E-state index contributed by atoms with van der Waals surface area (Å²) in [4.78, 5) is 4.30. The van der Waals surface area contributed by atoms with Gasteiger partial charge in [-0.2, -0.15) is 11.8 Å². The minimum absolute atomic E-state index is 0.799. The van der Waals surface area contributed by atoms with Gasteiger partial charge in [0, 0.05) is 31.1 Å². The van der Waals surface area contributed by atoms with Crippen LogP contribution >= 0.6 is 11.8 Å². The third-order valence-electron chi connectivity index (χ3n) is 2.05. The van der Waals surface area contributed by atoms with Crippen molar-refractivity contribution < 1.29 is 0 Å². The molecular weight excluding hydrogens is 192 g/mol.